The van der Waals surface area contributed by atoms with Gasteiger partial charge in [-0.2, -0.15) is 0 Å². The predicted octanol–water partition coefficient (Wildman–Crippen LogP) is 9.55. The van der Waals surface area contributed by atoms with Crippen molar-refractivity contribution in [3.63, 3.8) is 0 Å². The van der Waals surface area contributed by atoms with Gasteiger partial charge >= 0.3 is 0 Å². The van der Waals surface area contributed by atoms with E-state index in [2.05, 4.69) is 43.0 Å². The van der Waals surface area contributed by atoms with Crippen molar-refractivity contribution in [1.29, 1.82) is 0 Å². The molecule has 1 aliphatic heterocycles. The van der Waals surface area contributed by atoms with Crippen molar-refractivity contribution in [3.05, 3.63) is 120 Å². The van der Waals surface area contributed by atoms with Gasteiger partial charge in [-0.3, -0.25) is 9.59 Å². The van der Waals surface area contributed by atoms with E-state index in [9.17, 15) is 15.0 Å². The van der Waals surface area contributed by atoms with Gasteiger partial charge < -0.3 is 38.9 Å². The molecule has 4 aliphatic rings. The summed E-state index contributed by atoms with van der Waals surface area (Å²) in [4.78, 5) is 34.9. The molecule has 11 nitrogen and oxygen atoms in total. The summed E-state index contributed by atoms with van der Waals surface area (Å²) < 4.78 is 26.6. The van der Waals surface area contributed by atoms with Crippen LogP contribution in [0.5, 0.6) is 23.0 Å². The maximum atomic E-state index is 15.0. The molecule has 11 heteroatoms. The number of aldehydes is 1. The van der Waals surface area contributed by atoms with E-state index in [1.54, 1.807) is 24.3 Å². The minimum Gasteiger partial charge on any atom is -0.496 e. The lowest BCUT2D eigenvalue weighted by atomic mass is 9.55. The number of unbranched alkanes of at least 4 members (excludes halogenated alkanes) is 2. The van der Waals surface area contributed by atoms with E-state index in [0.717, 1.165) is 78.0 Å². The Morgan fingerprint density at radius 3 is 2.48 bits per heavy atom. The van der Waals surface area contributed by atoms with Crippen LogP contribution in [0.4, 0.5) is 0 Å². The van der Waals surface area contributed by atoms with Crippen LogP contribution in [0.1, 0.15) is 92.1 Å². The number of oxime groups is 1. The Morgan fingerprint density at radius 1 is 0.968 bits per heavy atom. The molecular formula is C52H60N2O9. The van der Waals surface area contributed by atoms with Crippen LogP contribution >= 0.6 is 0 Å². The number of methoxy groups -OCH3 is 1. The topological polar surface area (TPSA) is 136 Å². The number of ether oxygens (including phenoxy) is 4. The Morgan fingerprint density at radius 2 is 1.73 bits per heavy atom. The number of hydrogen-bond acceptors (Lipinski definition) is 10. The molecule has 3 aliphatic carbocycles. The number of aliphatic hydroxyl groups is 2. The van der Waals surface area contributed by atoms with E-state index in [1.807, 2.05) is 42.2 Å². The standard InChI is InChI=1S/C52H60N2O9/c1-4-27-60-52-48(54(51(58)35-19-20-35)32-37-16-12-15-34-13-6-7-17-41(34)37)31-45(53-61-5-2)43-29-36(14-8-10-25-55)42(18-9-11-26-56)49(50(43)52)44-30-40(22-24-47(44)63-52)62-39-21-23-46(59-3)38(28-39)33-57/h4,6-7,12-13,15-17,21-24,28-30,33,35-36,42,48-50,55-56H,1,5,8-11,14,18-20,25-27,31-32H2,2-3H3/t36-,42+,48-,49+,50+,52+/m0/s1. The lowest BCUT2D eigenvalue weighted by Gasteiger charge is -2.60. The van der Waals surface area contributed by atoms with Gasteiger partial charge in [-0.25, -0.2) is 0 Å². The van der Waals surface area contributed by atoms with Crippen LogP contribution in [0.2, 0.25) is 0 Å². The van der Waals surface area contributed by atoms with Gasteiger partial charge in [0.05, 0.1) is 30.9 Å². The van der Waals surface area contributed by atoms with Gasteiger partial charge in [0.2, 0.25) is 11.7 Å². The van der Waals surface area contributed by atoms with Crippen LogP contribution < -0.4 is 14.2 Å². The molecule has 0 aromatic heterocycles. The van der Waals surface area contributed by atoms with Crippen LogP contribution in [0.25, 0.3) is 10.8 Å². The number of fused-ring (bicyclic) bond motifs is 3. The minimum absolute atomic E-state index is 0.0500. The number of amides is 1. The first-order valence-corrected chi connectivity index (χ1v) is 22.7. The van der Waals surface area contributed by atoms with Gasteiger partial charge in [-0.15, -0.1) is 6.58 Å². The number of benzene rings is 4. The van der Waals surface area contributed by atoms with E-state index in [4.69, 9.17) is 28.9 Å². The van der Waals surface area contributed by atoms with Gasteiger partial charge in [-0.1, -0.05) is 72.6 Å². The molecule has 2 N–H and O–H groups in total. The molecule has 0 radical (unpaired) electrons. The van der Waals surface area contributed by atoms with Gasteiger partial charge in [0.25, 0.3) is 0 Å². The highest BCUT2D eigenvalue weighted by molar-refractivity contribution is 6.03. The van der Waals surface area contributed by atoms with Crippen LogP contribution in [-0.2, 0) is 20.9 Å². The predicted molar refractivity (Wildman–Crippen MR) is 242 cm³/mol. The average molecular weight is 857 g/mol. The molecule has 332 valence electrons. The third-order valence-corrected chi connectivity index (χ3v) is 13.3. The average Bonchev–Trinajstić information content (AvgIpc) is 4.17. The Labute approximate surface area is 370 Å². The van der Waals surface area contributed by atoms with Crippen molar-refractivity contribution >= 4 is 28.7 Å². The summed E-state index contributed by atoms with van der Waals surface area (Å²) in [6.45, 7) is 7.08. The van der Waals surface area contributed by atoms with Crippen LogP contribution in [0.15, 0.2) is 108 Å². The fourth-order valence-corrected chi connectivity index (χ4v) is 10.4. The first kappa shape index (κ1) is 44.1. The number of nitrogens with zero attached hydrogens (tertiary/aromatic N) is 2. The Kier molecular flexibility index (Phi) is 13.9. The van der Waals surface area contributed by atoms with E-state index in [1.165, 1.54) is 7.11 Å². The molecule has 63 heavy (non-hydrogen) atoms. The van der Waals surface area contributed by atoms with Gasteiger partial charge in [0.1, 0.15) is 35.6 Å². The number of rotatable bonds is 21. The smallest absolute Gasteiger partial charge is 0.239 e. The van der Waals surface area contributed by atoms with E-state index in [-0.39, 0.29) is 49.4 Å². The zero-order chi connectivity index (χ0) is 43.9. The third-order valence-electron chi connectivity index (χ3n) is 13.3. The fourth-order valence-electron chi connectivity index (χ4n) is 10.4. The van der Waals surface area contributed by atoms with Crippen molar-refractivity contribution in [2.24, 2.45) is 28.8 Å². The summed E-state index contributed by atoms with van der Waals surface area (Å²) >= 11 is 0. The molecule has 4 aromatic rings. The van der Waals surface area contributed by atoms with Crippen molar-refractivity contribution < 1.29 is 43.6 Å². The van der Waals surface area contributed by atoms with Crippen molar-refractivity contribution in [2.75, 3.05) is 33.5 Å². The lowest BCUT2D eigenvalue weighted by Crippen LogP contribution is -2.70. The molecule has 8 rings (SSSR count). The molecule has 1 heterocycles. The van der Waals surface area contributed by atoms with E-state index >= 15 is 4.79 Å². The molecule has 6 atom stereocenters. The number of aliphatic hydroxyl groups excluding tert-OH is 2. The van der Waals surface area contributed by atoms with Crippen LogP contribution in [0, 0.1) is 23.7 Å². The van der Waals surface area contributed by atoms with E-state index < -0.39 is 17.7 Å². The molecule has 0 unspecified atom stereocenters. The second-order valence-corrected chi connectivity index (χ2v) is 17.2. The Bertz CT molecular complexity index is 2330. The van der Waals surface area contributed by atoms with Gasteiger partial charge in [0, 0.05) is 43.6 Å². The molecule has 0 bridgehead atoms. The van der Waals surface area contributed by atoms with E-state index in [0.29, 0.717) is 61.0 Å². The summed E-state index contributed by atoms with van der Waals surface area (Å²) in [7, 11) is 1.52. The quantitative estimate of drug-likeness (QED) is 0.0364. The Hall–Kier alpha value is -5.49. The Balaban J connectivity index is 1.34. The maximum Gasteiger partial charge on any atom is 0.239 e. The second-order valence-electron chi connectivity index (χ2n) is 17.2. The summed E-state index contributed by atoms with van der Waals surface area (Å²) in [6.07, 6.45) is 11.4. The molecule has 2 fully saturated rings. The van der Waals surface area contributed by atoms with Crippen LogP contribution in [-0.4, -0.2) is 78.4 Å². The molecular weight excluding hydrogens is 797 g/mol. The summed E-state index contributed by atoms with van der Waals surface area (Å²) in [5, 5.41) is 27.0. The summed E-state index contributed by atoms with van der Waals surface area (Å²) in [6, 6.07) is 24.9. The number of carbonyl (C=O) groups excluding carboxylic acids is 2. The first-order valence-electron chi connectivity index (χ1n) is 22.7. The molecule has 4 aromatic carbocycles. The maximum absolute atomic E-state index is 15.0. The molecule has 0 spiro atoms. The number of allylic oxidation sites excluding steroid dienone is 1. The summed E-state index contributed by atoms with van der Waals surface area (Å²) in [5.74, 6) is 0.205. The van der Waals surface area contributed by atoms with Crippen molar-refractivity contribution in [1.82, 2.24) is 4.90 Å². The molecule has 2 saturated carbocycles. The van der Waals surface area contributed by atoms with Crippen molar-refractivity contribution in [2.45, 2.75) is 89.0 Å². The zero-order valence-corrected chi connectivity index (χ0v) is 36.5. The highest BCUT2D eigenvalue weighted by atomic mass is 16.7. The SMILES string of the molecule is C=CCO[C@@]12Oc3ccc(Oc4ccc(OC)c(C=O)c4)cc3[C@H]3[C@H](CCCCO)[C@@H](CCCCO)C=C(C(=NOCC)C[C@@H]1N(Cc1cccc4ccccc14)C(=O)C1CC1)[C@H]32. The molecule has 1 amide bonds. The van der Waals surface area contributed by atoms with Gasteiger partial charge in [-0.05, 0) is 116 Å². The normalized spacial score (nSPS) is 24.1. The number of carbonyl (C=O) groups is 2. The largest absolute Gasteiger partial charge is 0.496 e. The number of hydrogen-bond donors (Lipinski definition) is 2. The molecule has 0 saturated heterocycles. The second kappa shape index (κ2) is 19.9. The fraction of sp³-hybridized carbons (Fsp3) is 0.442. The van der Waals surface area contributed by atoms with Crippen LogP contribution in [0.3, 0.4) is 0 Å². The first-order chi connectivity index (χ1) is 30.9. The monoisotopic (exact) mass is 856 g/mol. The van der Waals surface area contributed by atoms with Crippen molar-refractivity contribution in [3.8, 4) is 23.0 Å². The minimum atomic E-state index is -1.37. The third kappa shape index (κ3) is 9.01. The highest BCUT2D eigenvalue weighted by Gasteiger charge is 2.66. The summed E-state index contributed by atoms with van der Waals surface area (Å²) in [5.41, 5.74) is 4.09. The highest BCUT2D eigenvalue weighted by Crippen LogP contribution is 2.62. The lowest BCUT2D eigenvalue weighted by molar-refractivity contribution is -0.258. The zero-order valence-electron chi connectivity index (χ0n) is 36.5. The van der Waals surface area contributed by atoms with Gasteiger partial charge in [0.15, 0.2) is 6.29 Å².